The summed E-state index contributed by atoms with van der Waals surface area (Å²) < 4.78 is 23.9. The van der Waals surface area contributed by atoms with Crippen molar-refractivity contribution in [2.75, 3.05) is 13.2 Å². The number of azide groups is 1. The summed E-state index contributed by atoms with van der Waals surface area (Å²) in [6.45, 7) is 2.53. The maximum Gasteiger partial charge on any atom is 0.508 e. The van der Waals surface area contributed by atoms with E-state index in [4.69, 9.17) is 24.5 Å². The zero-order valence-electron chi connectivity index (χ0n) is 19.7. The molecule has 0 aromatic carbocycles. The molecule has 0 unspecified atom stereocenters. The minimum Gasteiger partial charge on any atom is -0.432 e. The highest BCUT2D eigenvalue weighted by Gasteiger charge is 2.37. The lowest BCUT2D eigenvalue weighted by Gasteiger charge is -2.18. The molecule has 0 aliphatic carbocycles. The second-order valence-corrected chi connectivity index (χ2v) is 8.42. The van der Waals surface area contributed by atoms with E-state index in [1.807, 2.05) is 0 Å². The average Bonchev–Trinajstić information content (AvgIpc) is 3.48. The lowest BCUT2D eigenvalue weighted by molar-refractivity contribution is -0.0540. The highest BCUT2D eigenvalue weighted by atomic mass is 16.7. The number of carbonyl (C=O) groups excluding carboxylic acids is 1. The molecule has 0 radical (unpaired) electrons. The predicted molar refractivity (Wildman–Crippen MR) is 124 cm³/mol. The molecule has 196 valence electrons. The number of carbonyl (C=O) groups is 1. The number of rotatable bonds is 7. The first-order chi connectivity index (χ1) is 17.7. The van der Waals surface area contributed by atoms with Gasteiger partial charge < -0.3 is 18.9 Å². The van der Waals surface area contributed by atoms with E-state index in [-0.39, 0.29) is 25.2 Å². The molecule has 0 bridgehead atoms. The molecule has 2 aliphatic rings. The molecule has 0 amide bonds. The fourth-order valence-electron chi connectivity index (χ4n) is 3.88. The fourth-order valence-corrected chi connectivity index (χ4v) is 3.88. The number of hydrogen-bond donors (Lipinski definition) is 2. The molecule has 2 aliphatic heterocycles. The molecule has 5 atom stereocenters. The topological polar surface area (TPSA) is 212 Å². The minimum absolute atomic E-state index is 0.115. The van der Waals surface area contributed by atoms with E-state index in [2.05, 4.69) is 20.0 Å². The van der Waals surface area contributed by atoms with Crippen LogP contribution in [0.3, 0.4) is 0 Å². The third-order valence-electron chi connectivity index (χ3n) is 5.82. The van der Waals surface area contributed by atoms with Gasteiger partial charge in [0.25, 0.3) is 11.1 Å². The van der Waals surface area contributed by atoms with Gasteiger partial charge in [-0.3, -0.25) is 28.7 Å². The maximum atomic E-state index is 12.2. The van der Waals surface area contributed by atoms with Crippen molar-refractivity contribution < 1.29 is 23.7 Å². The van der Waals surface area contributed by atoms with E-state index < -0.39 is 59.4 Å². The van der Waals surface area contributed by atoms with Gasteiger partial charge in [0.2, 0.25) is 0 Å². The Balaban J connectivity index is 1.30. The number of hydrogen-bond acceptors (Lipinski definition) is 10. The largest absolute Gasteiger partial charge is 0.508 e. The summed E-state index contributed by atoms with van der Waals surface area (Å²) in [7, 11) is 0. The highest BCUT2D eigenvalue weighted by molar-refractivity contribution is 5.59. The van der Waals surface area contributed by atoms with E-state index in [1.54, 1.807) is 19.1 Å². The second kappa shape index (κ2) is 10.7. The number of nitrogens with one attached hydrogen (secondary N) is 2. The summed E-state index contributed by atoms with van der Waals surface area (Å²) in [5.41, 5.74) is 7.13. The third-order valence-corrected chi connectivity index (χ3v) is 5.82. The molecule has 0 spiro atoms. The van der Waals surface area contributed by atoms with Crippen LogP contribution in [0, 0.1) is 13.8 Å². The molecule has 2 N–H and O–H groups in total. The molecular formula is C21H23N7O9. The second-order valence-electron chi connectivity index (χ2n) is 8.42. The van der Waals surface area contributed by atoms with Crippen molar-refractivity contribution in [1.29, 1.82) is 0 Å². The Morgan fingerprint density at radius 1 is 1.03 bits per heavy atom. The van der Waals surface area contributed by atoms with Crippen LogP contribution < -0.4 is 22.5 Å². The van der Waals surface area contributed by atoms with Crippen LogP contribution in [-0.2, 0) is 18.9 Å². The van der Waals surface area contributed by atoms with Crippen LogP contribution >= 0.6 is 0 Å². The fraction of sp³-hybridized carbons (Fsp3) is 0.476. The van der Waals surface area contributed by atoms with E-state index in [9.17, 15) is 24.0 Å². The van der Waals surface area contributed by atoms with Crippen molar-refractivity contribution >= 4 is 6.16 Å². The van der Waals surface area contributed by atoms with Gasteiger partial charge >= 0.3 is 17.5 Å². The van der Waals surface area contributed by atoms with Crippen LogP contribution in [0.5, 0.6) is 0 Å². The summed E-state index contributed by atoms with van der Waals surface area (Å²) >= 11 is 0. The third kappa shape index (κ3) is 5.72. The van der Waals surface area contributed by atoms with Gasteiger partial charge in [0, 0.05) is 34.9 Å². The van der Waals surface area contributed by atoms with Gasteiger partial charge in [0.1, 0.15) is 31.6 Å². The smallest absolute Gasteiger partial charge is 0.432 e. The Hall–Kier alpha value is -4.40. The Morgan fingerprint density at radius 3 is 2.32 bits per heavy atom. The number of aromatic nitrogens is 4. The van der Waals surface area contributed by atoms with Crippen molar-refractivity contribution in [3.8, 4) is 0 Å². The maximum absolute atomic E-state index is 12.2. The normalized spacial score (nSPS) is 24.5. The Morgan fingerprint density at radius 2 is 1.65 bits per heavy atom. The number of H-pyrrole nitrogens is 2. The first-order valence-corrected chi connectivity index (χ1v) is 11.1. The van der Waals surface area contributed by atoms with E-state index in [1.165, 1.54) is 28.5 Å². The van der Waals surface area contributed by atoms with Crippen LogP contribution in [0.25, 0.3) is 10.4 Å². The molecule has 0 saturated carbocycles. The van der Waals surface area contributed by atoms with Crippen molar-refractivity contribution in [1.82, 2.24) is 19.1 Å². The van der Waals surface area contributed by atoms with Crippen LogP contribution in [0.15, 0.2) is 48.8 Å². The molecule has 16 nitrogen and oxygen atoms in total. The van der Waals surface area contributed by atoms with Gasteiger partial charge in [-0.05, 0) is 25.5 Å². The van der Waals surface area contributed by atoms with Gasteiger partial charge in [0.15, 0.2) is 6.23 Å². The molecule has 2 aromatic rings. The van der Waals surface area contributed by atoms with Gasteiger partial charge in [-0.2, -0.15) is 0 Å². The molecule has 1 saturated heterocycles. The number of aromatic amines is 2. The molecule has 4 rings (SSSR count). The summed E-state index contributed by atoms with van der Waals surface area (Å²) in [6, 6.07) is -0.747. The standard InChI is InChI=1S/C21H23N7O9/c1-10-6-27(19(31)23-17(10)29)15-4-3-12(36-15)8-34-21(33)35-9-14-13(25-26-22)5-16(37-14)28-7-11(2)18(30)24-20(28)32/h3-4,6-7,12-16H,5,8-9H2,1-2H3,(H,23,29,31)(H,24,30,32)/t12-,13+,14-,15+,16-/m1/s1. The van der Waals surface area contributed by atoms with Crippen molar-refractivity contribution in [3.63, 3.8) is 0 Å². The summed E-state index contributed by atoms with van der Waals surface area (Å²) in [4.78, 5) is 66.6. The first kappa shape index (κ1) is 25.7. The zero-order chi connectivity index (χ0) is 26.7. The molecule has 16 heteroatoms. The van der Waals surface area contributed by atoms with E-state index in [0.717, 1.165) is 0 Å². The number of nitrogens with zero attached hydrogens (tertiary/aromatic N) is 5. The Kier molecular flexibility index (Phi) is 7.42. The summed E-state index contributed by atoms with van der Waals surface area (Å²) in [6.07, 6.45) is 1.77. The first-order valence-electron chi connectivity index (χ1n) is 11.1. The lowest BCUT2D eigenvalue weighted by atomic mass is 10.1. The van der Waals surface area contributed by atoms with Crippen molar-refractivity contribution in [3.05, 3.63) is 87.8 Å². The minimum atomic E-state index is -1.04. The van der Waals surface area contributed by atoms with Crippen LogP contribution in [0.2, 0.25) is 0 Å². The summed E-state index contributed by atoms with van der Waals surface area (Å²) in [5.74, 6) is 0. The van der Waals surface area contributed by atoms with Gasteiger partial charge in [-0.25, -0.2) is 14.4 Å². The predicted octanol–water partition coefficient (Wildman–Crippen LogP) is 0.277. The number of aryl methyl sites for hydroxylation is 2. The van der Waals surface area contributed by atoms with Crippen LogP contribution in [0.1, 0.15) is 30.0 Å². The van der Waals surface area contributed by atoms with Crippen LogP contribution in [-0.4, -0.2) is 56.7 Å². The lowest BCUT2D eigenvalue weighted by Crippen LogP contribution is -2.34. The van der Waals surface area contributed by atoms with Gasteiger partial charge in [-0.1, -0.05) is 11.2 Å². The molecule has 2 aromatic heterocycles. The SMILES string of the molecule is Cc1cn([C@@H]2C=C[C@H](COC(=O)OC[C@H]3O[C@@H](n4cc(C)c(=O)[nH]c4=O)C[C@@H]3N=[N+]=[N-])O2)c(=O)[nH]c1=O. The number of ether oxygens (including phenoxy) is 4. The molecule has 4 heterocycles. The zero-order valence-corrected chi connectivity index (χ0v) is 19.7. The molecule has 1 fully saturated rings. The Labute approximate surface area is 206 Å². The average molecular weight is 517 g/mol. The van der Waals surface area contributed by atoms with E-state index >= 15 is 0 Å². The highest BCUT2D eigenvalue weighted by Crippen LogP contribution is 2.30. The Bertz CT molecular complexity index is 1500. The molecular weight excluding hydrogens is 494 g/mol. The van der Waals surface area contributed by atoms with E-state index in [0.29, 0.717) is 5.56 Å². The van der Waals surface area contributed by atoms with Gasteiger partial charge in [0.05, 0.1) is 6.04 Å². The van der Waals surface area contributed by atoms with Crippen molar-refractivity contribution in [2.24, 2.45) is 5.11 Å². The van der Waals surface area contributed by atoms with Gasteiger partial charge in [-0.15, -0.1) is 0 Å². The molecule has 37 heavy (non-hydrogen) atoms. The van der Waals surface area contributed by atoms with Crippen LogP contribution in [0.4, 0.5) is 4.79 Å². The summed E-state index contributed by atoms with van der Waals surface area (Å²) in [5, 5.41) is 3.65. The quantitative estimate of drug-likeness (QED) is 0.169. The monoisotopic (exact) mass is 517 g/mol. The van der Waals surface area contributed by atoms with Crippen molar-refractivity contribution in [2.45, 2.75) is 51.0 Å².